The van der Waals surface area contributed by atoms with Crippen LogP contribution in [0.3, 0.4) is 0 Å². The molecule has 0 unspecified atom stereocenters. The highest BCUT2D eigenvalue weighted by Crippen LogP contribution is 2.33. The zero-order chi connectivity index (χ0) is 16.9. The molecule has 1 N–H and O–H groups in total. The summed E-state index contributed by atoms with van der Waals surface area (Å²) in [5.41, 5.74) is 1.43. The number of benzene rings is 1. The maximum Gasteiger partial charge on any atom is 0.251 e. The lowest BCUT2D eigenvalue weighted by molar-refractivity contribution is 0.0950. The third-order valence-corrected chi connectivity index (χ3v) is 5.27. The van der Waals surface area contributed by atoms with Crippen LogP contribution in [0.4, 0.5) is 4.39 Å². The van der Waals surface area contributed by atoms with Gasteiger partial charge in [-0.05, 0) is 31.0 Å². The first-order valence-electron chi connectivity index (χ1n) is 8.23. The van der Waals surface area contributed by atoms with Crippen LogP contribution < -0.4 is 10.1 Å². The molecule has 0 saturated heterocycles. The van der Waals surface area contributed by atoms with Gasteiger partial charge in [-0.2, -0.15) is 0 Å². The van der Waals surface area contributed by atoms with Gasteiger partial charge in [-0.25, -0.2) is 9.37 Å². The topological polar surface area (TPSA) is 51.2 Å². The molecule has 1 aromatic carbocycles. The quantitative estimate of drug-likeness (QED) is 0.878. The Bertz CT molecular complexity index is 711. The van der Waals surface area contributed by atoms with Gasteiger partial charge in [-0.3, -0.25) is 4.79 Å². The molecule has 1 fully saturated rings. The predicted molar refractivity (Wildman–Crippen MR) is 92.1 cm³/mol. The number of halogens is 1. The van der Waals surface area contributed by atoms with Crippen molar-refractivity contribution in [1.82, 2.24) is 10.3 Å². The van der Waals surface area contributed by atoms with E-state index in [1.807, 2.05) is 0 Å². The van der Waals surface area contributed by atoms with Crippen molar-refractivity contribution in [2.24, 2.45) is 0 Å². The summed E-state index contributed by atoms with van der Waals surface area (Å²) in [7, 11) is 1.39. The van der Waals surface area contributed by atoms with Gasteiger partial charge in [0.1, 0.15) is 5.01 Å². The fourth-order valence-electron chi connectivity index (χ4n) is 3.06. The first kappa shape index (κ1) is 16.9. The number of ether oxygens (including phenoxy) is 1. The second-order valence-corrected chi connectivity index (χ2v) is 6.98. The molecule has 24 heavy (non-hydrogen) atoms. The minimum atomic E-state index is -0.543. The van der Waals surface area contributed by atoms with Crippen LogP contribution >= 0.6 is 11.3 Å². The van der Waals surface area contributed by atoms with Gasteiger partial charge in [0, 0.05) is 16.9 Å². The molecule has 0 bridgehead atoms. The molecular weight excluding hydrogens is 327 g/mol. The smallest absolute Gasteiger partial charge is 0.251 e. The fourth-order valence-corrected chi connectivity index (χ4v) is 3.87. The van der Waals surface area contributed by atoms with Crippen molar-refractivity contribution in [2.75, 3.05) is 7.11 Å². The first-order chi connectivity index (χ1) is 11.7. The SMILES string of the molecule is COc1ccc(C(=O)NCc2nc(C3CCCCC3)cs2)cc1F. The molecule has 1 saturated carbocycles. The second-order valence-electron chi connectivity index (χ2n) is 6.03. The van der Waals surface area contributed by atoms with Gasteiger partial charge in [0.15, 0.2) is 11.6 Å². The van der Waals surface area contributed by atoms with Crippen LogP contribution in [-0.4, -0.2) is 18.0 Å². The Balaban J connectivity index is 1.58. The van der Waals surface area contributed by atoms with Crippen molar-refractivity contribution >= 4 is 17.2 Å². The molecule has 3 rings (SSSR count). The van der Waals surface area contributed by atoms with E-state index in [4.69, 9.17) is 4.74 Å². The molecule has 1 amide bonds. The molecule has 0 spiro atoms. The number of rotatable bonds is 5. The maximum absolute atomic E-state index is 13.7. The van der Waals surface area contributed by atoms with Gasteiger partial charge >= 0.3 is 0 Å². The molecule has 1 aromatic heterocycles. The number of carbonyl (C=O) groups is 1. The van der Waals surface area contributed by atoms with Gasteiger partial charge in [0.05, 0.1) is 19.3 Å². The summed E-state index contributed by atoms with van der Waals surface area (Å²) in [5.74, 6) is -0.163. The van der Waals surface area contributed by atoms with Crippen LogP contribution in [0.25, 0.3) is 0 Å². The summed E-state index contributed by atoms with van der Waals surface area (Å²) in [5, 5.41) is 5.79. The number of thiazole rings is 1. The number of methoxy groups -OCH3 is 1. The average Bonchev–Trinajstić information content (AvgIpc) is 3.09. The standard InChI is InChI=1S/C18H21FN2O2S/c1-23-16-8-7-13(9-14(16)19)18(22)20-10-17-21-15(11-24-17)12-5-3-2-4-6-12/h7-9,11-12H,2-6,10H2,1H3,(H,20,22). The van der Waals surface area contributed by atoms with E-state index in [2.05, 4.69) is 15.7 Å². The molecular formula is C18H21FN2O2S. The van der Waals surface area contributed by atoms with Crippen molar-refractivity contribution in [3.05, 3.63) is 45.7 Å². The zero-order valence-corrected chi connectivity index (χ0v) is 14.5. The molecule has 1 aliphatic rings. The average molecular weight is 348 g/mol. The van der Waals surface area contributed by atoms with Crippen molar-refractivity contribution in [1.29, 1.82) is 0 Å². The minimum Gasteiger partial charge on any atom is -0.494 e. The first-order valence-corrected chi connectivity index (χ1v) is 9.11. The maximum atomic E-state index is 13.7. The van der Waals surface area contributed by atoms with Crippen LogP contribution in [0, 0.1) is 5.82 Å². The lowest BCUT2D eigenvalue weighted by atomic mass is 9.87. The monoisotopic (exact) mass is 348 g/mol. The lowest BCUT2D eigenvalue weighted by Gasteiger charge is -2.19. The van der Waals surface area contributed by atoms with Crippen molar-refractivity contribution in [3.8, 4) is 5.75 Å². The van der Waals surface area contributed by atoms with E-state index in [-0.39, 0.29) is 17.2 Å². The predicted octanol–water partition coefficient (Wildman–Crippen LogP) is 4.27. The van der Waals surface area contributed by atoms with Gasteiger partial charge in [0.25, 0.3) is 5.91 Å². The molecule has 4 nitrogen and oxygen atoms in total. The van der Waals surface area contributed by atoms with E-state index >= 15 is 0 Å². The zero-order valence-electron chi connectivity index (χ0n) is 13.7. The van der Waals surface area contributed by atoms with Crippen LogP contribution in [0.1, 0.15) is 59.1 Å². The Morgan fingerprint density at radius 3 is 2.88 bits per heavy atom. The minimum absolute atomic E-state index is 0.128. The summed E-state index contributed by atoms with van der Waals surface area (Å²) in [6.45, 7) is 0.365. The third kappa shape index (κ3) is 3.93. The van der Waals surface area contributed by atoms with E-state index in [1.165, 1.54) is 51.3 Å². The van der Waals surface area contributed by atoms with Gasteiger partial charge in [-0.1, -0.05) is 19.3 Å². The van der Waals surface area contributed by atoms with Crippen LogP contribution in [-0.2, 0) is 6.54 Å². The molecule has 128 valence electrons. The van der Waals surface area contributed by atoms with E-state index in [0.29, 0.717) is 12.5 Å². The summed E-state index contributed by atoms with van der Waals surface area (Å²) in [6, 6.07) is 4.19. The van der Waals surface area contributed by atoms with Crippen molar-refractivity contribution < 1.29 is 13.9 Å². The van der Waals surface area contributed by atoms with E-state index in [1.54, 1.807) is 17.4 Å². The number of amides is 1. The molecule has 0 aliphatic heterocycles. The van der Waals surface area contributed by atoms with E-state index in [9.17, 15) is 9.18 Å². The number of hydrogen-bond acceptors (Lipinski definition) is 4. The highest BCUT2D eigenvalue weighted by molar-refractivity contribution is 7.09. The number of carbonyl (C=O) groups excluding carboxylic acids is 1. The van der Waals surface area contributed by atoms with Crippen molar-refractivity contribution in [3.63, 3.8) is 0 Å². The number of nitrogens with one attached hydrogen (secondary N) is 1. The van der Waals surface area contributed by atoms with Gasteiger partial charge < -0.3 is 10.1 Å². The Morgan fingerprint density at radius 2 is 2.17 bits per heavy atom. The normalized spacial score (nSPS) is 15.2. The summed E-state index contributed by atoms with van der Waals surface area (Å²) >= 11 is 1.57. The Morgan fingerprint density at radius 1 is 1.38 bits per heavy atom. The summed E-state index contributed by atoms with van der Waals surface area (Å²) < 4.78 is 18.5. The van der Waals surface area contributed by atoms with E-state index in [0.717, 1.165) is 10.7 Å². The molecule has 6 heteroatoms. The second kappa shape index (κ2) is 7.75. The molecule has 1 aliphatic carbocycles. The van der Waals surface area contributed by atoms with Gasteiger partial charge in [0.2, 0.25) is 0 Å². The van der Waals surface area contributed by atoms with Crippen molar-refractivity contribution in [2.45, 2.75) is 44.6 Å². The Kier molecular flexibility index (Phi) is 5.45. The fraction of sp³-hybridized carbons (Fsp3) is 0.444. The molecule has 1 heterocycles. The lowest BCUT2D eigenvalue weighted by Crippen LogP contribution is -2.23. The van der Waals surface area contributed by atoms with Crippen LogP contribution in [0.15, 0.2) is 23.6 Å². The third-order valence-electron chi connectivity index (χ3n) is 4.41. The highest BCUT2D eigenvalue weighted by Gasteiger charge is 2.18. The number of aromatic nitrogens is 1. The van der Waals surface area contributed by atoms with Crippen LogP contribution in [0.2, 0.25) is 0 Å². The van der Waals surface area contributed by atoms with E-state index < -0.39 is 5.82 Å². The Hall–Kier alpha value is -1.95. The molecule has 0 atom stereocenters. The molecule has 2 aromatic rings. The summed E-state index contributed by atoms with van der Waals surface area (Å²) in [4.78, 5) is 16.8. The number of nitrogens with zero attached hydrogens (tertiary/aromatic N) is 1. The molecule has 0 radical (unpaired) electrons. The number of hydrogen-bond donors (Lipinski definition) is 1. The largest absolute Gasteiger partial charge is 0.494 e. The van der Waals surface area contributed by atoms with Crippen LogP contribution in [0.5, 0.6) is 5.75 Å². The summed E-state index contributed by atoms with van der Waals surface area (Å²) in [6.07, 6.45) is 6.29. The van der Waals surface area contributed by atoms with Gasteiger partial charge in [-0.15, -0.1) is 11.3 Å². The highest BCUT2D eigenvalue weighted by atomic mass is 32.1. The Labute approximate surface area is 145 Å².